The molecule has 2 atom stereocenters. The zero-order chi connectivity index (χ0) is 10.4. The summed E-state index contributed by atoms with van der Waals surface area (Å²) in [6.07, 6.45) is 3.38. The Balaban J connectivity index is 2.46. The predicted molar refractivity (Wildman–Crippen MR) is 56.0 cm³/mol. The summed E-state index contributed by atoms with van der Waals surface area (Å²) in [5, 5.41) is 16.3. The summed E-state index contributed by atoms with van der Waals surface area (Å²) in [5.41, 5.74) is 5.91. The minimum Gasteiger partial charge on any atom is -0.395 e. The van der Waals surface area contributed by atoms with Crippen LogP contribution in [0.25, 0.3) is 0 Å². The van der Waals surface area contributed by atoms with Crippen molar-refractivity contribution in [2.45, 2.75) is 36.2 Å². The van der Waals surface area contributed by atoms with Crippen molar-refractivity contribution in [1.29, 1.82) is 0 Å². The van der Waals surface area contributed by atoms with Gasteiger partial charge in [-0.25, -0.2) is 4.98 Å². The van der Waals surface area contributed by atoms with Gasteiger partial charge < -0.3 is 10.8 Å². The average Bonchev–Trinajstić information content (AvgIpc) is 2.66. The molecule has 0 aromatic carbocycles. The highest BCUT2D eigenvalue weighted by molar-refractivity contribution is 7.99. The molecule has 4 N–H and O–H groups in total. The van der Waals surface area contributed by atoms with Crippen LogP contribution in [0.5, 0.6) is 0 Å². The van der Waals surface area contributed by atoms with E-state index < -0.39 is 0 Å². The van der Waals surface area contributed by atoms with Gasteiger partial charge in [-0.2, -0.15) is 5.10 Å². The summed E-state index contributed by atoms with van der Waals surface area (Å²) < 4.78 is 0. The quantitative estimate of drug-likeness (QED) is 0.598. The van der Waals surface area contributed by atoms with Gasteiger partial charge in [-0.05, 0) is 6.42 Å². The van der Waals surface area contributed by atoms with Crippen molar-refractivity contribution in [1.82, 2.24) is 15.2 Å². The number of aliphatic hydroxyl groups excluding tert-OH is 1. The smallest absolute Gasteiger partial charge is 0.183 e. The van der Waals surface area contributed by atoms with E-state index in [1.54, 1.807) is 0 Å². The molecule has 0 bridgehead atoms. The number of nitrogens with two attached hydrogens (primary N) is 1. The molecule has 0 aliphatic rings. The summed E-state index contributed by atoms with van der Waals surface area (Å²) in [4.78, 5) is 3.98. The van der Waals surface area contributed by atoms with E-state index in [0.717, 1.165) is 12.8 Å². The van der Waals surface area contributed by atoms with E-state index in [4.69, 9.17) is 10.8 Å². The number of nitrogens with zero attached hydrogens (tertiary/aromatic N) is 2. The normalized spacial score (nSPS) is 15.4. The van der Waals surface area contributed by atoms with E-state index in [9.17, 15) is 0 Å². The molecule has 1 aromatic rings. The third-order valence-electron chi connectivity index (χ3n) is 1.94. The van der Waals surface area contributed by atoms with Crippen molar-refractivity contribution < 1.29 is 5.11 Å². The maximum Gasteiger partial charge on any atom is 0.183 e. The molecule has 0 aliphatic carbocycles. The standard InChI is InChI=1S/C8H16N4OS/c1-2-3-6(9)7(4-13)14-8-10-5-11-12-8/h5-7,13H,2-4,9H2,1H3,(H,10,11,12). The number of H-pyrrole nitrogens is 1. The first-order valence-electron chi connectivity index (χ1n) is 4.66. The van der Waals surface area contributed by atoms with Crippen LogP contribution in [0.15, 0.2) is 11.5 Å². The van der Waals surface area contributed by atoms with E-state index in [0.29, 0.717) is 5.16 Å². The molecule has 14 heavy (non-hydrogen) atoms. The number of aromatic nitrogens is 3. The number of aliphatic hydroxyl groups is 1. The van der Waals surface area contributed by atoms with Gasteiger partial charge in [0.1, 0.15) is 6.33 Å². The Morgan fingerprint density at radius 2 is 2.50 bits per heavy atom. The molecule has 0 radical (unpaired) electrons. The molecular weight excluding hydrogens is 200 g/mol. The Morgan fingerprint density at radius 1 is 1.71 bits per heavy atom. The van der Waals surface area contributed by atoms with Crippen molar-refractivity contribution in [2.24, 2.45) is 5.73 Å². The Labute approximate surface area is 87.5 Å². The second-order valence-corrected chi connectivity index (χ2v) is 4.31. The van der Waals surface area contributed by atoms with Gasteiger partial charge in [0, 0.05) is 6.04 Å². The van der Waals surface area contributed by atoms with Crippen molar-refractivity contribution in [2.75, 3.05) is 6.61 Å². The van der Waals surface area contributed by atoms with Crippen LogP contribution in [0.1, 0.15) is 19.8 Å². The molecule has 0 saturated heterocycles. The second kappa shape index (κ2) is 6.00. The van der Waals surface area contributed by atoms with Crippen LogP contribution in [0.3, 0.4) is 0 Å². The van der Waals surface area contributed by atoms with Crippen molar-refractivity contribution in [3.05, 3.63) is 6.33 Å². The fraction of sp³-hybridized carbons (Fsp3) is 0.750. The molecule has 5 nitrogen and oxygen atoms in total. The van der Waals surface area contributed by atoms with Gasteiger partial charge in [-0.3, -0.25) is 5.10 Å². The lowest BCUT2D eigenvalue weighted by Crippen LogP contribution is -2.34. The van der Waals surface area contributed by atoms with E-state index in [1.165, 1.54) is 18.1 Å². The van der Waals surface area contributed by atoms with Gasteiger partial charge >= 0.3 is 0 Å². The fourth-order valence-corrected chi connectivity index (χ4v) is 2.06. The van der Waals surface area contributed by atoms with Crippen LogP contribution in [0.4, 0.5) is 0 Å². The highest BCUT2D eigenvalue weighted by atomic mass is 32.2. The van der Waals surface area contributed by atoms with Gasteiger partial charge in [-0.1, -0.05) is 25.1 Å². The number of hydrogen-bond donors (Lipinski definition) is 3. The van der Waals surface area contributed by atoms with Crippen molar-refractivity contribution in [3.8, 4) is 0 Å². The minimum atomic E-state index is -0.0112. The number of nitrogens with one attached hydrogen (secondary N) is 1. The molecule has 1 heterocycles. The first-order chi connectivity index (χ1) is 6.77. The summed E-state index contributed by atoms with van der Waals surface area (Å²) in [6.45, 7) is 2.14. The molecule has 0 amide bonds. The second-order valence-electron chi connectivity index (χ2n) is 3.08. The lowest BCUT2D eigenvalue weighted by Gasteiger charge is -2.19. The zero-order valence-electron chi connectivity index (χ0n) is 8.18. The van der Waals surface area contributed by atoms with Crippen molar-refractivity contribution in [3.63, 3.8) is 0 Å². The first-order valence-corrected chi connectivity index (χ1v) is 5.54. The fourth-order valence-electron chi connectivity index (χ4n) is 1.17. The van der Waals surface area contributed by atoms with Gasteiger partial charge in [0.05, 0.1) is 11.9 Å². The monoisotopic (exact) mass is 216 g/mol. The number of rotatable bonds is 6. The highest BCUT2D eigenvalue weighted by Crippen LogP contribution is 2.21. The SMILES string of the molecule is CCCC(N)C(CO)Sc1ncn[nH]1. The lowest BCUT2D eigenvalue weighted by atomic mass is 10.1. The largest absolute Gasteiger partial charge is 0.395 e. The van der Waals surface area contributed by atoms with Crippen LogP contribution < -0.4 is 5.73 Å². The van der Waals surface area contributed by atoms with Gasteiger partial charge in [-0.15, -0.1) is 0 Å². The van der Waals surface area contributed by atoms with Crippen LogP contribution in [0.2, 0.25) is 0 Å². The molecule has 2 unspecified atom stereocenters. The molecule has 0 saturated carbocycles. The van der Waals surface area contributed by atoms with Crippen molar-refractivity contribution >= 4 is 11.8 Å². The maximum absolute atomic E-state index is 9.16. The Morgan fingerprint density at radius 3 is 3.00 bits per heavy atom. The number of hydrogen-bond acceptors (Lipinski definition) is 5. The molecule has 0 fully saturated rings. The molecule has 6 heteroatoms. The van der Waals surface area contributed by atoms with Gasteiger partial charge in [0.25, 0.3) is 0 Å². The molecule has 0 spiro atoms. The van der Waals surface area contributed by atoms with E-state index in [2.05, 4.69) is 22.1 Å². The summed E-state index contributed by atoms with van der Waals surface area (Å²) in [7, 11) is 0. The highest BCUT2D eigenvalue weighted by Gasteiger charge is 2.18. The molecule has 80 valence electrons. The molecule has 1 aromatic heterocycles. The van der Waals surface area contributed by atoms with Crippen LogP contribution in [0, 0.1) is 0 Å². The summed E-state index contributed by atoms with van der Waals surface area (Å²) >= 11 is 1.44. The van der Waals surface area contributed by atoms with E-state index >= 15 is 0 Å². The Hall–Kier alpha value is -0.590. The molecule has 1 rings (SSSR count). The Bertz CT molecular complexity index is 241. The van der Waals surface area contributed by atoms with Crippen LogP contribution >= 0.6 is 11.8 Å². The molecule has 0 aliphatic heterocycles. The lowest BCUT2D eigenvalue weighted by molar-refractivity contribution is 0.279. The van der Waals surface area contributed by atoms with Crippen LogP contribution in [-0.4, -0.2) is 38.2 Å². The first kappa shape index (κ1) is 11.5. The van der Waals surface area contributed by atoms with Crippen LogP contribution in [-0.2, 0) is 0 Å². The average molecular weight is 216 g/mol. The number of thioether (sulfide) groups is 1. The van der Waals surface area contributed by atoms with E-state index in [-0.39, 0.29) is 17.9 Å². The third kappa shape index (κ3) is 3.28. The third-order valence-corrected chi connectivity index (χ3v) is 3.16. The summed E-state index contributed by atoms with van der Waals surface area (Å²) in [6, 6.07) is 0.0000926. The summed E-state index contributed by atoms with van der Waals surface area (Å²) in [5.74, 6) is 0. The van der Waals surface area contributed by atoms with Gasteiger partial charge in [0.15, 0.2) is 5.16 Å². The topological polar surface area (TPSA) is 87.8 Å². The predicted octanol–water partition coefficient (Wildman–Crippen LogP) is 0.385. The maximum atomic E-state index is 9.16. The van der Waals surface area contributed by atoms with Gasteiger partial charge in [0.2, 0.25) is 0 Å². The zero-order valence-corrected chi connectivity index (χ0v) is 9.00. The van der Waals surface area contributed by atoms with E-state index in [1.807, 2.05) is 0 Å². The minimum absolute atomic E-state index is 0.0000926. The molecular formula is C8H16N4OS. The number of aromatic amines is 1. The Kier molecular flexibility index (Phi) is 4.92.